The third-order valence-corrected chi connectivity index (χ3v) is 12.4. The Morgan fingerprint density at radius 3 is 2.56 bits per heavy atom. The van der Waals surface area contributed by atoms with Crippen LogP contribution in [0.4, 0.5) is 11.8 Å². The van der Waals surface area contributed by atoms with Crippen LogP contribution in [0, 0.1) is 0 Å². The maximum atomic E-state index is 12.9. The van der Waals surface area contributed by atoms with Gasteiger partial charge in [0.1, 0.15) is 5.82 Å². The summed E-state index contributed by atoms with van der Waals surface area (Å²) in [4.78, 5) is 11.4. The van der Waals surface area contributed by atoms with Crippen LogP contribution in [0.15, 0.2) is 24.0 Å². The molecule has 4 aliphatic rings. The van der Waals surface area contributed by atoms with Gasteiger partial charge in [-0.05, 0) is 64.0 Å². The van der Waals surface area contributed by atoms with Gasteiger partial charge in [-0.1, -0.05) is 6.58 Å². The summed E-state index contributed by atoms with van der Waals surface area (Å²) in [5.41, 5.74) is 1.87. The van der Waals surface area contributed by atoms with Gasteiger partial charge in [-0.25, -0.2) is 26.1 Å². The molecule has 36 heavy (non-hydrogen) atoms. The first-order valence-electron chi connectivity index (χ1n) is 12.6. The molecule has 1 unspecified atom stereocenters. The number of hydrogen-bond donors (Lipinski definition) is 2. The molecule has 1 saturated carbocycles. The predicted octanol–water partition coefficient (Wildman–Crippen LogP) is 1.91. The number of anilines is 2. The monoisotopic (exact) mass is 537 g/mol. The van der Waals surface area contributed by atoms with E-state index in [1.807, 2.05) is 19.9 Å². The molecule has 1 aromatic rings. The summed E-state index contributed by atoms with van der Waals surface area (Å²) in [6, 6.07) is -0.128. The number of aliphatic hydroxyl groups is 1. The summed E-state index contributed by atoms with van der Waals surface area (Å²) in [5, 5.41) is 13.5. The average Bonchev–Trinajstić information content (AvgIpc) is 3.36. The summed E-state index contributed by atoms with van der Waals surface area (Å²) in [7, 11) is -6.90. The minimum Gasteiger partial charge on any atom is -0.388 e. The number of rotatable bonds is 5. The van der Waals surface area contributed by atoms with E-state index < -0.39 is 30.7 Å². The van der Waals surface area contributed by atoms with Crippen molar-refractivity contribution >= 4 is 37.7 Å². The molecule has 3 aliphatic heterocycles. The van der Waals surface area contributed by atoms with E-state index in [0.717, 1.165) is 41.9 Å². The number of allylic oxidation sites excluding steroid dienone is 1. The molecule has 0 spiro atoms. The maximum Gasteiger partial charge on any atom is 0.224 e. The van der Waals surface area contributed by atoms with Crippen molar-refractivity contribution in [2.45, 2.75) is 75.3 Å². The lowest BCUT2D eigenvalue weighted by molar-refractivity contribution is 0.0507. The Labute approximate surface area is 213 Å². The summed E-state index contributed by atoms with van der Waals surface area (Å²) < 4.78 is 50.9. The van der Waals surface area contributed by atoms with E-state index in [1.54, 1.807) is 6.20 Å². The molecular formula is C24H35N5O5S2. The average molecular weight is 538 g/mol. The van der Waals surface area contributed by atoms with Crippen LogP contribution in [0.5, 0.6) is 0 Å². The zero-order chi connectivity index (χ0) is 25.9. The van der Waals surface area contributed by atoms with E-state index in [4.69, 9.17) is 4.98 Å². The Hall–Kier alpha value is -2.02. The third-order valence-electron chi connectivity index (χ3n) is 8.09. The first kappa shape index (κ1) is 25.6. The Bertz CT molecular complexity index is 1300. The standard InChI is InChI=1S/C24H35N5O5S2/c1-16-13-18-14-25-23(27-22(18)29(17(16)2)21-5-4-9-24(21,3)30)26-19-6-10-28(11-7-19)36(33,34)20-8-12-35(31,32)15-20/h13-14,19-21,30H,2,4-12,15H2,1,3H3,(H,25,26,27)/t20?,21-,24-/m0/s1. The fraction of sp³-hybridized carbons (Fsp3) is 0.667. The van der Waals surface area contributed by atoms with E-state index in [9.17, 15) is 21.9 Å². The highest BCUT2D eigenvalue weighted by atomic mass is 32.2. The second kappa shape index (κ2) is 9.07. The van der Waals surface area contributed by atoms with E-state index in [1.165, 1.54) is 4.31 Å². The molecule has 198 valence electrons. The highest BCUT2D eigenvalue weighted by molar-refractivity contribution is 7.95. The highest BCUT2D eigenvalue weighted by Crippen LogP contribution is 2.42. The van der Waals surface area contributed by atoms with Gasteiger partial charge < -0.3 is 15.3 Å². The molecule has 1 aromatic heterocycles. The van der Waals surface area contributed by atoms with Gasteiger partial charge >= 0.3 is 0 Å². The molecule has 10 nitrogen and oxygen atoms in total. The van der Waals surface area contributed by atoms with Gasteiger partial charge in [-0.15, -0.1) is 0 Å². The smallest absolute Gasteiger partial charge is 0.224 e. The largest absolute Gasteiger partial charge is 0.388 e. The molecule has 0 aromatic carbocycles. The molecular weight excluding hydrogens is 502 g/mol. The van der Waals surface area contributed by atoms with E-state index in [-0.39, 0.29) is 30.0 Å². The lowest BCUT2D eigenvalue weighted by Gasteiger charge is -2.41. The first-order chi connectivity index (χ1) is 16.9. The predicted molar refractivity (Wildman–Crippen MR) is 140 cm³/mol. The Balaban J connectivity index is 1.29. The Kier molecular flexibility index (Phi) is 6.46. The van der Waals surface area contributed by atoms with Crippen molar-refractivity contribution in [1.82, 2.24) is 14.3 Å². The van der Waals surface area contributed by atoms with Crippen molar-refractivity contribution in [2.24, 2.45) is 0 Å². The number of fused-ring (bicyclic) bond motifs is 1. The molecule has 0 radical (unpaired) electrons. The maximum absolute atomic E-state index is 12.9. The fourth-order valence-electron chi connectivity index (χ4n) is 5.90. The molecule has 3 atom stereocenters. The number of nitrogens with zero attached hydrogens (tertiary/aromatic N) is 4. The van der Waals surface area contributed by atoms with Crippen LogP contribution in [0.1, 0.15) is 57.9 Å². The summed E-state index contributed by atoms with van der Waals surface area (Å²) in [5.74, 6) is 0.845. The molecule has 12 heteroatoms. The van der Waals surface area contributed by atoms with Crippen molar-refractivity contribution in [2.75, 3.05) is 34.8 Å². The summed E-state index contributed by atoms with van der Waals surface area (Å²) in [6.07, 6.45) is 7.62. The lowest BCUT2D eigenvalue weighted by atomic mass is 9.95. The van der Waals surface area contributed by atoms with Gasteiger partial charge in [-0.3, -0.25) is 0 Å². The van der Waals surface area contributed by atoms with E-state index in [2.05, 4.69) is 21.8 Å². The van der Waals surface area contributed by atoms with E-state index >= 15 is 0 Å². The topological polar surface area (TPSA) is 133 Å². The molecule has 1 aliphatic carbocycles. The number of hydrogen-bond acceptors (Lipinski definition) is 9. The molecule has 0 amide bonds. The van der Waals surface area contributed by atoms with Gasteiger partial charge in [0.2, 0.25) is 16.0 Å². The normalized spacial score (nSPS) is 31.4. The van der Waals surface area contributed by atoms with E-state index in [0.29, 0.717) is 31.9 Å². The van der Waals surface area contributed by atoms with Crippen LogP contribution in [0.3, 0.4) is 0 Å². The molecule has 2 N–H and O–H groups in total. The highest BCUT2D eigenvalue weighted by Gasteiger charge is 2.44. The lowest BCUT2D eigenvalue weighted by Crippen LogP contribution is -2.48. The Morgan fingerprint density at radius 2 is 1.94 bits per heavy atom. The van der Waals surface area contributed by atoms with Crippen molar-refractivity contribution < 1.29 is 21.9 Å². The summed E-state index contributed by atoms with van der Waals surface area (Å²) >= 11 is 0. The first-order valence-corrected chi connectivity index (χ1v) is 15.9. The quantitative estimate of drug-likeness (QED) is 0.578. The van der Waals surface area contributed by atoms with Crippen molar-refractivity contribution in [1.29, 1.82) is 0 Å². The Morgan fingerprint density at radius 1 is 1.22 bits per heavy atom. The molecule has 2 saturated heterocycles. The second-order valence-corrected chi connectivity index (χ2v) is 15.2. The van der Waals surface area contributed by atoms with Gasteiger partial charge in [0.15, 0.2) is 9.84 Å². The van der Waals surface area contributed by atoms with Gasteiger partial charge in [0, 0.05) is 36.6 Å². The second-order valence-electron chi connectivity index (χ2n) is 10.8. The number of nitrogens with one attached hydrogen (secondary N) is 1. The SMILES string of the molecule is C=C1C(C)=Cc2cnc(NC3CCN(S(=O)(=O)C4CCS(=O)(=O)C4)CC3)nc2N1[C@H]1CCC[C@]1(C)O. The zero-order valence-electron chi connectivity index (χ0n) is 20.9. The van der Waals surface area contributed by atoms with Gasteiger partial charge in [-0.2, -0.15) is 4.98 Å². The molecule has 5 rings (SSSR count). The number of piperidine rings is 1. The van der Waals surface area contributed by atoms with Crippen molar-refractivity contribution in [3.05, 3.63) is 29.6 Å². The molecule has 0 bridgehead atoms. The fourth-order valence-corrected chi connectivity index (χ4v) is 10.5. The molecule has 4 heterocycles. The minimum atomic E-state index is -3.63. The molecule has 3 fully saturated rings. The van der Waals surface area contributed by atoms with Crippen LogP contribution < -0.4 is 10.2 Å². The van der Waals surface area contributed by atoms with Gasteiger partial charge in [0.05, 0.1) is 28.4 Å². The van der Waals surface area contributed by atoms with Crippen LogP contribution in [-0.4, -0.2) is 83.7 Å². The van der Waals surface area contributed by atoms with Crippen molar-refractivity contribution in [3.8, 4) is 0 Å². The van der Waals surface area contributed by atoms with Crippen LogP contribution in [-0.2, 0) is 19.9 Å². The number of sulfonamides is 1. The van der Waals surface area contributed by atoms with Crippen molar-refractivity contribution in [3.63, 3.8) is 0 Å². The zero-order valence-corrected chi connectivity index (χ0v) is 22.5. The third kappa shape index (κ3) is 4.68. The summed E-state index contributed by atoms with van der Waals surface area (Å²) in [6.45, 7) is 8.80. The van der Waals surface area contributed by atoms with Crippen LogP contribution in [0.25, 0.3) is 6.08 Å². The minimum absolute atomic E-state index is 0.00563. The van der Waals surface area contributed by atoms with Gasteiger partial charge in [0.25, 0.3) is 0 Å². The number of sulfone groups is 1. The van der Waals surface area contributed by atoms with Crippen LogP contribution in [0.2, 0.25) is 0 Å². The number of aromatic nitrogens is 2. The van der Waals surface area contributed by atoms with Crippen LogP contribution >= 0.6 is 0 Å².